The minimum atomic E-state index is -0.329. The molecule has 0 aromatic heterocycles. The summed E-state index contributed by atoms with van der Waals surface area (Å²) in [5.74, 6) is -0.659. The van der Waals surface area contributed by atoms with E-state index in [4.69, 9.17) is 17.3 Å². The van der Waals surface area contributed by atoms with Crippen LogP contribution in [-0.4, -0.2) is 18.5 Å². The van der Waals surface area contributed by atoms with Gasteiger partial charge in [-0.05, 0) is 25.0 Å². The van der Waals surface area contributed by atoms with Crippen LogP contribution in [0.15, 0.2) is 18.2 Å². The van der Waals surface area contributed by atoms with Crippen molar-refractivity contribution in [1.82, 2.24) is 5.32 Å². The molecule has 1 aromatic rings. The van der Waals surface area contributed by atoms with Crippen LogP contribution in [-0.2, 0) is 4.79 Å². The molecule has 3 N–H and O–H groups in total. The summed E-state index contributed by atoms with van der Waals surface area (Å²) in [5.41, 5.74) is 6.15. The highest BCUT2D eigenvalue weighted by Gasteiger charge is 2.46. The molecule has 1 amide bonds. The molecule has 1 aromatic carbocycles. The van der Waals surface area contributed by atoms with Gasteiger partial charge in [-0.2, -0.15) is 0 Å². The molecule has 21 heavy (non-hydrogen) atoms. The second-order valence-corrected chi connectivity index (χ2v) is 6.07. The maximum absolute atomic E-state index is 13.8. The number of hydrogen-bond acceptors (Lipinski definition) is 2. The number of carbonyl (C=O) groups is 1. The fourth-order valence-electron chi connectivity index (χ4n) is 2.68. The van der Waals surface area contributed by atoms with Gasteiger partial charge in [0.1, 0.15) is 5.82 Å². The van der Waals surface area contributed by atoms with Gasteiger partial charge in [-0.15, -0.1) is 0 Å². The highest BCUT2D eigenvalue weighted by Crippen LogP contribution is 2.50. The van der Waals surface area contributed by atoms with Gasteiger partial charge in [0.2, 0.25) is 5.91 Å². The van der Waals surface area contributed by atoms with E-state index in [1.54, 1.807) is 12.1 Å². The van der Waals surface area contributed by atoms with Gasteiger partial charge in [0.25, 0.3) is 0 Å². The van der Waals surface area contributed by atoms with Crippen LogP contribution in [0.25, 0.3) is 0 Å². The zero-order chi connectivity index (χ0) is 15.4. The summed E-state index contributed by atoms with van der Waals surface area (Å²) in [6, 6.07) is 4.64. The fraction of sp³-hybridized carbons (Fsp3) is 0.562. The Kier molecular flexibility index (Phi) is 5.59. The zero-order valence-corrected chi connectivity index (χ0v) is 13.0. The molecule has 1 saturated carbocycles. The summed E-state index contributed by atoms with van der Waals surface area (Å²) in [4.78, 5) is 12.2. The lowest BCUT2D eigenvalue weighted by Gasteiger charge is -2.16. The molecule has 0 spiro atoms. The summed E-state index contributed by atoms with van der Waals surface area (Å²) >= 11 is 6.04. The Balaban J connectivity index is 1.95. The molecule has 0 bridgehead atoms. The summed E-state index contributed by atoms with van der Waals surface area (Å²) < 4.78 is 13.8. The van der Waals surface area contributed by atoms with Crippen molar-refractivity contribution in [2.75, 3.05) is 6.54 Å². The fourth-order valence-corrected chi connectivity index (χ4v) is 2.98. The zero-order valence-electron chi connectivity index (χ0n) is 12.2. The molecule has 2 rings (SSSR count). The topological polar surface area (TPSA) is 55.1 Å². The predicted octanol–water partition coefficient (Wildman–Crippen LogP) is 3.22. The average Bonchev–Trinajstić information content (AvgIpc) is 3.23. The predicted molar refractivity (Wildman–Crippen MR) is 82.8 cm³/mol. The number of nitrogens with two attached hydrogens (primary N) is 1. The van der Waals surface area contributed by atoms with E-state index in [0.717, 1.165) is 19.3 Å². The highest BCUT2D eigenvalue weighted by atomic mass is 35.5. The molecule has 1 aliphatic rings. The van der Waals surface area contributed by atoms with Crippen LogP contribution in [0, 0.1) is 11.7 Å². The number of benzene rings is 1. The Bertz CT molecular complexity index is 489. The quantitative estimate of drug-likeness (QED) is 0.812. The first-order valence-electron chi connectivity index (χ1n) is 7.52. The third-order valence-electron chi connectivity index (χ3n) is 4.03. The first kappa shape index (κ1) is 16.2. The van der Waals surface area contributed by atoms with Crippen LogP contribution in [0.5, 0.6) is 0 Å². The molecule has 0 aliphatic heterocycles. The van der Waals surface area contributed by atoms with Gasteiger partial charge in [0.15, 0.2) is 0 Å². The van der Waals surface area contributed by atoms with Crippen LogP contribution >= 0.6 is 11.6 Å². The van der Waals surface area contributed by atoms with Crippen molar-refractivity contribution in [2.45, 2.75) is 44.6 Å². The monoisotopic (exact) mass is 312 g/mol. The number of carbonyl (C=O) groups excluding carboxylic acids is 1. The second-order valence-electron chi connectivity index (χ2n) is 5.67. The van der Waals surface area contributed by atoms with Crippen LogP contribution in [0.1, 0.15) is 44.1 Å². The van der Waals surface area contributed by atoms with Gasteiger partial charge >= 0.3 is 0 Å². The lowest BCUT2D eigenvalue weighted by atomic mass is 10.1. The van der Waals surface area contributed by atoms with E-state index in [2.05, 4.69) is 12.2 Å². The SMILES string of the molecule is CCCCC(CN)NC(=O)C1CC1c1c(F)cccc1Cl. The molecule has 3 nitrogen and oxygen atoms in total. The average molecular weight is 313 g/mol. The van der Waals surface area contributed by atoms with Gasteiger partial charge < -0.3 is 11.1 Å². The molecule has 0 heterocycles. The molecular weight excluding hydrogens is 291 g/mol. The van der Waals surface area contributed by atoms with E-state index in [1.165, 1.54) is 6.07 Å². The van der Waals surface area contributed by atoms with Crippen LogP contribution in [0.4, 0.5) is 4.39 Å². The van der Waals surface area contributed by atoms with Gasteiger partial charge in [0, 0.05) is 35.0 Å². The van der Waals surface area contributed by atoms with Gasteiger partial charge in [0.05, 0.1) is 0 Å². The van der Waals surface area contributed by atoms with Crippen molar-refractivity contribution in [3.63, 3.8) is 0 Å². The van der Waals surface area contributed by atoms with Gasteiger partial charge in [-0.3, -0.25) is 4.79 Å². The van der Waals surface area contributed by atoms with E-state index in [0.29, 0.717) is 23.6 Å². The lowest BCUT2D eigenvalue weighted by Crippen LogP contribution is -2.41. The van der Waals surface area contributed by atoms with Crippen molar-refractivity contribution in [1.29, 1.82) is 0 Å². The van der Waals surface area contributed by atoms with Crippen LogP contribution in [0.3, 0.4) is 0 Å². The van der Waals surface area contributed by atoms with Crippen molar-refractivity contribution in [3.8, 4) is 0 Å². The molecule has 3 atom stereocenters. The summed E-state index contributed by atoms with van der Waals surface area (Å²) in [6.45, 7) is 2.54. The van der Waals surface area contributed by atoms with E-state index in [-0.39, 0.29) is 29.6 Å². The van der Waals surface area contributed by atoms with Crippen molar-refractivity contribution < 1.29 is 9.18 Å². The standard InChI is InChI=1S/C16H22ClFN2O/c1-2-3-5-10(9-19)20-16(21)12-8-11(12)15-13(17)6-4-7-14(15)18/h4,6-7,10-12H,2-3,5,8-9,19H2,1H3,(H,20,21). The number of hydrogen-bond donors (Lipinski definition) is 2. The maximum Gasteiger partial charge on any atom is 0.224 e. The van der Waals surface area contributed by atoms with Crippen LogP contribution in [0.2, 0.25) is 5.02 Å². The van der Waals surface area contributed by atoms with Crippen LogP contribution < -0.4 is 11.1 Å². The Morgan fingerprint density at radius 2 is 2.33 bits per heavy atom. The molecule has 116 valence electrons. The number of amides is 1. The normalized spacial score (nSPS) is 21.9. The Labute approximate surface area is 130 Å². The van der Waals surface area contributed by atoms with E-state index >= 15 is 0 Å². The Morgan fingerprint density at radius 1 is 1.57 bits per heavy atom. The molecule has 3 unspecified atom stereocenters. The highest BCUT2D eigenvalue weighted by molar-refractivity contribution is 6.31. The maximum atomic E-state index is 13.8. The third kappa shape index (κ3) is 3.95. The number of rotatable bonds is 7. The molecule has 5 heteroatoms. The van der Waals surface area contributed by atoms with Crippen molar-refractivity contribution in [2.24, 2.45) is 11.7 Å². The van der Waals surface area contributed by atoms with Crippen molar-refractivity contribution in [3.05, 3.63) is 34.6 Å². The molecule has 0 saturated heterocycles. The molecule has 1 fully saturated rings. The number of unbranched alkanes of at least 4 members (excludes halogenated alkanes) is 1. The van der Waals surface area contributed by atoms with E-state index in [9.17, 15) is 9.18 Å². The largest absolute Gasteiger partial charge is 0.352 e. The third-order valence-corrected chi connectivity index (χ3v) is 4.36. The van der Waals surface area contributed by atoms with Crippen molar-refractivity contribution >= 4 is 17.5 Å². The van der Waals surface area contributed by atoms with Gasteiger partial charge in [-0.1, -0.05) is 37.4 Å². The second kappa shape index (κ2) is 7.23. The summed E-state index contributed by atoms with van der Waals surface area (Å²) in [7, 11) is 0. The van der Waals surface area contributed by atoms with Gasteiger partial charge in [-0.25, -0.2) is 4.39 Å². The molecular formula is C16H22ClFN2O. The number of halogens is 2. The number of nitrogens with one attached hydrogen (secondary N) is 1. The Morgan fingerprint density at radius 3 is 2.95 bits per heavy atom. The summed E-state index contributed by atoms with van der Waals surface area (Å²) in [6.07, 6.45) is 3.65. The lowest BCUT2D eigenvalue weighted by molar-refractivity contribution is -0.123. The van der Waals surface area contributed by atoms with E-state index < -0.39 is 0 Å². The molecule has 0 radical (unpaired) electrons. The first-order chi connectivity index (χ1) is 10.1. The Hall–Kier alpha value is -1.13. The van der Waals surface area contributed by atoms with E-state index in [1.807, 2.05) is 0 Å². The summed E-state index contributed by atoms with van der Waals surface area (Å²) in [5, 5.41) is 3.37. The minimum Gasteiger partial charge on any atom is -0.352 e. The molecule has 1 aliphatic carbocycles. The smallest absolute Gasteiger partial charge is 0.224 e. The first-order valence-corrected chi connectivity index (χ1v) is 7.90. The minimum absolute atomic E-state index is 0.00907.